The Morgan fingerprint density at radius 3 is 2.71 bits per heavy atom. The van der Waals surface area contributed by atoms with Crippen molar-refractivity contribution in [3.63, 3.8) is 0 Å². The van der Waals surface area contributed by atoms with E-state index in [9.17, 15) is 9.59 Å². The van der Waals surface area contributed by atoms with Gasteiger partial charge in [0.1, 0.15) is 6.61 Å². The summed E-state index contributed by atoms with van der Waals surface area (Å²) in [5, 5.41) is 0. The van der Waals surface area contributed by atoms with Gasteiger partial charge in [-0.1, -0.05) is 19.8 Å². The molecule has 2 amide bonds. The molecule has 2 aliphatic heterocycles. The highest BCUT2D eigenvalue weighted by Crippen LogP contribution is 2.27. The van der Waals surface area contributed by atoms with Crippen LogP contribution in [0, 0.1) is 0 Å². The third-order valence-electron chi connectivity index (χ3n) is 4.82. The van der Waals surface area contributed by atoms with Crippen LogP contribution in [0.5, 0.6) is 0 Å². The number of hydrogen-bond donors (Lipinski definition) is 0. The molecule has 0 N–H and O–H groups in total. The summed E-state index contributed by atoms with van der Waals surface area (Å²) >= 11 is 3.22. The molecular formula is C17H23BrN2O4. The molecule has 132 valence electrons. The zero-order chi connectivity index (χ0) is 17.1. The number of cyclic esters (lactones) is 1. The van der Waals surface area contributed by atoms with Crippen molar-refractivity contribution in [2.75, 3.05) is 19.7 Å². The number of piperidine rings is 1. The van der Waals surface area contributed by atoms with E-state index in [1.165, 1.54) is 0 Å². The van der Waals surface area contributed by atoms with E-state index in [2.05, 4.69) is 22.9 Å². The fourth-order valence-corrected chi connectivity index (χ4v) is 3.82. The normalized spacial score (nSPS) is 22.1. The second-order valence-corrected chi connectivity index (χ2v) is 7.19. The first-order valence-electron chi connectivity index (χ1n) is 8.60. The van der Waals surface area contributed by atoms with E-state index in [-0.39, 0.29) is 24.1 Å². The minimum atomic E-state index is -0.198. The van der Waals surface area contributed by atoms with Gasteiger partial charge in [-0.3, -0.25) is 9.69 Å². The number of likely N-dealkylation sites (tertiary alicyclic amines) is 1. The van der Waals surface area contributed by atoms with Crippen molar-refractivity contribution >= 4 is 27.9 Å². The predicted molar refractivity (Wildman–Crippen MR) is 91.8 cm³/mol. The fourth-order valence-electron chi connectivity index (χ4n) is 3.51. The van der Waals surface area contributed by atoms with Crippen LogP contribution in [0.25, 0.3) is 0 Å². The van der Waals surface area contributed by atoms with Gasteiger partial charge in [0.2, 0.25) is 0 Å². The Hall–Kier alpha value is -1.50. The van der Waals surface area contributed by atoms with Crippen LogP contribution < -0.4 is 0 Å². The van der Waals surface area contributed by atoms with Crippen LogP contribution in [0.15, 0.2) is 21.2 Å². The van der Waals surface area contributed by atoms with Crippen LogP contribution in [0.4, 0.5) is 4.79 Å². The van der Waals surface area contributed by atoms with E-state index in [1.807, 2.05) is 4.90 Å². The first-order chi connectivity index (χ1) is 11.6. The molecule has 24 heavy (non-hydrogen) atoms. The smallest absolute Gasteiger partial charge is 0.410 e. The van der Waals surface area contributed by atoms with E-state index in [0.717, 1.165) is 32.1 Å². The van der Waals surface area contributed by atoms with E-state index in [0.29, 0.717) is 30.1 Å². The Kier molecular flexibility index (Phi) is 5.48. The maximum absolute atomic E-state index is 12.4. The van der Waals surface area contributed by atoms with E-state index in [1.54, 1.807) is 17.0 Å². The summed E-state index contributed by atoms with van der Waals surface area (Å²) in [4.78, 5) is 28.2. The van der Waals surface area contributed by atoms with Crippen molar-refractivity contribution in [3.05, 3.63) is 22.6 Å². The summed E-state index contributed by atoms with van der Waals surface area (Å²) < 4.78 is 11.2. The number of unbranched alkanes of at least 4 members (excludes halogenated alkanes) is 1. The molecule has 0 aromatic carbocycles. The van der Waals surface area contributed by atoms with Gasteiger partial charge in [-0.15, -0.1) is 0 Å². The second-order valence-electron chi connectivity index (χ2n) is 6.41. The molecule has 0 aliphatic carbocycles. The topological polar surface area (TPSA) is 63.0 Å². The molecule has 0 spiro atoms. The van der Waals surface area contributed by atoms with Gasteiger partial charge in [0.15, 0.2) is 10.4 Å². The standard InChI is InChI=1S/C17H23BrN2O4/c1-2-3-4-13-11-23-17(22)20(13)12-7-9-19(10-8-12)16(21)14-5-6-15(18)24-14/h5-6,12-13H,2-4,7-11H2,1H3. The molecule has 2 fully saturated rings. The monoisotopic (exact) mass is 398 g/mol. The lowest BCUT2D eigenvalue weighted by molar-refractivity contribution is 0.0603. The number of carbonyl (C=O) groups is 2. The number of furan rings is 1. The van der Waals surface area contributed by atoms with Crippen LogP contribution in [0.2, 0.25) is 0 Å². The molecule has 2 saturated heterocycles. The zero-order valence-electron chi connectivity index (χ0n) is 13.9. The van der Waals surface area contributed by atoms with E-state index in [4.69, 9.17) is 9.15 Å². The average molecular weight is 399 g/mol. The van der Waals surface area contributed by atoms with Crippen LogP contribution in [-0.4, -0.2) is 53.6 Å². The fraction of sp³-hybridized carbons (Fsp3) is 0.647. The van der Waals surface area contributed by atoms with Gasteiger partial charge >= 0.3 is 6.09 Å². The number of hydrogen-bond acceptors (Lipinski definition) is 4. The summed E-state index contributed by atoms with van der Waals surface area (Å²) in [5.74, 6) is 0.257. The maximum Gasteiger partial charge on any atom is 0.410 e. The van der Waals surface area contributed by atoms with Gasteiger partial charge in [0, 0.05) is 19.1 Å². The molecule has 7 heteroatoms. The summed E-state index contributed by atoms with van der Waals surface area (Å²) in [5.41, 5.74) is 0. The molecule has 0 radical (unpaired) electrons. The highest BCUT2D eigenvalue weighted by Gasteiger charge is 2.39. The van der Waals surface area contributed by atoms with Crippen LogP contribution >= 0.6 is 15.9 Å². The van der Waals surface area contributed by atoms with Gasteiger partial charge in [0.05, 0.1) is 6.04 Å². The molecule has 1 aromatic rings. The highest BCUT2D eigenvalue weighted by atomic mass is 79.9. The van der Waals surface area contributed by atoms with E-state index >= 15 is 0 Å². The summed E-state index contributed by atoms with van der Waals surface area (Å²) in [6.07, 6.45) is 4.57. The number of carbonyl (C=O) groups excluding carboxylic acids is 2. The predicted octanol–water partition coefficient (Wildman–Crippen LogP) is 3.66. The van der Waals surface area contributed by atoms with Crippen molar-refractivity contribution in [2.24, 2.45) is 0 Å². The quantitative estimate of drug-likeness (QED) is 0.758. The first-order valence-corrected chi connectivity index (χ1v) is 9.39. The van der Waals surface area contributed by atoms with Gasteiger partial charge in [-0.25, -0.2) is 4.79 Å². The first kappa shape index (κ1) is 17.3. The Labute approximate surface area is 150 Å². The van der Waals surface area contributed by atoms with Gasteiger partial charge in [0.25, 0.3) is 5.91 Å². The lowest BCUT2D eigenvalue weighted by Crippen LogP contribution is -2.49. The second kappa shape index (κ2) is 7.59. The minimum absolute atomic E-state index is 0.0920. The highest BCUT2D eigenvalue weighted by molar-refractivity contribution is 9.10. The number of rotatable bonds is 5. The third kappa shape index (κ3) is 3.61. The van der Waals surface area contributed by atoms with Crippen molar-refractivity contribution in [2.45, 2.75) is 51.1 Å². The number of halogens is 1. The Morgan fingerprint density at radius 2 is 2.08 bits per heavy atom. The molecule has 1 aromatic heterocycles. The lowest BCUT2D eigenvalue weighted by atomic mass is 10.00. The summed E-state index contributed by atoms with van der Waals surface area (Å²) in [7, 11) is 0. The number of nitrogens with zero attached hydrogens (tertiary/aromatic N) is 2. The molecule has 3 rings (SSSR count). The molecule has 1 atom stereocenters. The molecule has 3 heterocycles. The third-order valence-corrected chi connectivity index (χ3v) is 5.25. The van der Waals surface area contributed by atoms with Crippen molar-refractivity contribution in [3.8, 4) is 0 Å². The molecule has 1 unspecified atom stereocenters. The maximum atomic E-state index is 12.4. The molecule has 2 aliphatic rings. The molecule has 0 bridgehead atoms. The number of ether oxygens (including phenoxy) is 1. The lowest BCUT2D eigenvalue weighted by Gasteiger charge is -2.37. The summed E-state index contributed by atoms with van der Waals surface area (Å²) in [6, 6.07) is 3.75. The van der Waals surface area contributed by atoms with Crippen molar-refractivity contribution in [1.29, 1.82) is 0 Å². The summed E-state index contributed by atoms with van der Waals surface area (Å²) in [6.45, 7) is 3.91. The van der Waals surface area contributed by atoms with Crippen LogP contribution in [0.1, 0.15) is 49.6 Å². The van der Waals surface area contributed by atoms with Crippen LogP contribution in [0.3, 0.4) is 0 Å². The SMILES string of the molecule is CCCCC1COC(=O)N1C1CCN(C(=O)c2ccc(Br)o2)CC1. The largest absolute Gasteiger partial charge is 0.447 e. The van der Waals surface area contributed by atoms with Crippen LogP contribution in [-0.2, 0) is 4.74 Å². The zero-order valence-corrected chi connectivity index (χ0v) is 15.5. The molecule has 0 saturated carbocycles. The number of amides is 2. The molecular weight excluding hydrogens is 376 g/mol. The van der Waals surface area contributed by atoms with Crippen molar-refractivity contribution in [1.82, 2.24) is 9.80 Å². The Morgan fingerprint density at radius 1 is 1.33 bits per heavy atom. The minimum Gasteiger partial charge on any atom is -0.447 e. The van der Waals surface area contributed by atoms with E-state index < -0.39 is 0 Å². The van der Waals surface area contributed by atoms with Crippen molar-refractivity contribution < 1.29 is 18.7 Å². The Balaban J connectivity index is 1.58. The molecule has 6 nitrogen and oxygen atoms in total. The Bertz CT molecular complexity index is 595. The van der Waals surface area contributed by atoms with Gasteiger partial charge in [-0.2, -0.15) is 0 Å². The van der Waals surface area contributed by atoms with Gasteiger partial charge in [-0.05, 0) is 47.3 Å². The average Bonchev–Trinajstić information content (AvgIpc) is 3.18. The van der Waals surface area contributed by atoms with Gasteiger partial charge < -0.3 is 14.1 Å².